The minimum atomic E-state index is -3.59. The summed E-state index contributed by atoms with van der Waals surface area (Å²) < 4.78 is 26.4. The minimum absolute atomic E-state index is 0.118. The zero-order valence-corrected chi connectivity index (χ0v) is 16.6. The van der Waals surface area contributed by atoms with Gasteiger partial charge in [0.15, 0.2) is 5.11 Å². The number of amides is 1. The summed E-state index contributed by atoms with van der Waals surface area (Å²) in [6, 6.07) is 12.9. The zero-order chi connectivity index (χ0) is 19.9. The highest BCUT2D eigenvalue weighted by Gasteiger charge is 2.12. The van der Waals surface area contributed by atoms with E-state index in [0.29, 0.717) is 10.7 Å². The van der Waals surface area contributed by atoms with Gasteiger partial charge in [0, 0.05) is 17.3 Å². The van der Waals surface area contributed by atoms with Gasteiger partial charge in [-0.15, -0.1) is 6.58 Å². The maximum atomic E-state index is 12.0. The first-order valence-corrected chi connectivity index (χ1v) is 10.1. The fourth-order valence-electron chi connectivity index (χ4n) is 2.09. The van der Waals surface area contributed by atoms with Crippen molar-refractivity contribution in [1.82, 2.24) is 10.0 Å². The van der Waals surface area contributed by atoms with Gasteiger partial charge in [-0.05, 0) is 54.2 Å². The molecule has 9 heteroatoms. The topological polar surface area (TPSA) is 87.3 Å². The third-order valence-corrected chi connectivity index (χ3v) is 5.27. The summed E-state index contributed by atoms with van der Waals surface area (Å²) in [5.74, 6) is -0.275. The molecule has 0 bridgehead atoms. The van der Waals surface area contributed by atoms with E-state index in [9.17, 15) is 13.2 Å². The molecule has 0 unspecified atom stereocenters. The summed E-state index contributed by atoms with van der Waals surface area (Å²) in [7, 11) is -3.59. The fraction of sp³-hybridized carbons (Fsp3) is 0.111. The molecule has 6 nitrogen and oxygen atoms in total. The van der Waals surface area contributed by atoms with Crippen molar-refractivity contribution in [2.45, 2.75) is 11.3 Å². The molecule has 0 aliphatic heterocycles. The van der Waals surface area contributed by atoms with Crippen LogP contribution in [0, 0.1) is 0 Å². The molecule has 0 saturated heterocycles. The summed E-state index contributed by atoms with van der Waals surface area (Å²) in [5.41, 5.74) is 1.36. The number of sulfonamides is 1. The van der Waals surface area contributed by atoms with Crippen LogP contribution in [0.2, 0.25) is 5.02 Å². The van der Waals surface area contributed by atoms with E-state index >= 15 is 0 Å². The van der Waals surface area contributed by atoms with E-state index in [1.165, 1.54) is 18.2 Å². The Balaban J connectivity index is 1.90. The maximum Gasteiger partial charge on any atom is 0.240 e. The van der Waals surface area contributed by atoms with E-state index < -0.39 is 10.0 Å². The van der Waals surface area contributed by atoms with E-state index in [2.05, 4.69) is 21.9 Å². The van der Waals surface area contributed by atoms with Gasteiger partial charge >= 0.3 is 0 Å². The standard InChI is InChI=1S/C18H18ClN3O3S2/c1-2-11-20-27(24,25)16-9-7-15(8-10-16)21-18(26)22-17(23)12-13-3-5-14(19)6-4-13/h2-10,20H,1,11-12H2,(H2,21,22,23,26). The second-order valence-electron chi connectivity index (χ2n) is 5.47. The Morgan fingerprint density at radius 2 is 1.74 bits per heavy atom. The quantitative estimate of drug-likeness (QED) is 0.471. The van der Waals surface area contributed by atoms with Crippen LogP contribution in [0.3, 0.4) is 0 Å². The number of benzene rings is 2. The van der Waals surface area contributed by atoms with E-state index in [4.69, 9.17) is 23.8 Å². The molecule has 1 amide bonds. The van der Waals surface area contributed by atoms with Crippen molar-refractivity contribution in [1.29, 1.82) is 0 Å². The Kier molecular flexibility index (Phi) is 7.49. The van der Waals surface area contributed by atoms with Crippen molar-refractivity contribution in [2.24, 2.45) is 0 Å². The van der Waals surface area contributed by atoms with Gasteiger partial charge in [-0.3, -0.25) is 4.79 Å². The molecule has 142 valence electrons. The van der Waals surface area contributed by atoms with Gasteiger partial charge in [0.1, 0.15) is 0 Å². The van der Waals surface area contributed by atoms with Gasteiger partial charge in [-0.1, -0.05) is 29.8 Å². The second-order valence-corrected chi connectivity index (χ2v) is 8.08. The van der Waals surface area contributed by atoms with Gasteiger partial charge < -0.3 is 10.6 Å². The number of rotatable bonds is 7. The normalized spacial score (nSPS) is 10.9. The van der Waals surface area contributed by atoms with Crippen LogP contribution in [-0.2, 0) is 21.2 Å². The Labute approximate surface area is 168 Å². The maximum absolute atomic E-state index is 12.0. The SMILES string of the molecule is C=CCNS(=O)(=O)c1ccc(NC(=S)NC(=O)Cc2ccc(Cl)cc2)cc1. The van der Waals surface area contributed by atoms with Crippen LogP contribution in [0.1, 0.15) is 5.56 Å². The van der Waals surface area contributed by atoms with Crippen LogP contribution in [-0.4, -0.2) is 26.0 Å². The summed E-state index contributed by atoms with van der Waals surface area (Å²) in [6.45, 7) is 3.61. The summed E-state index contributed by atoms with van der Waals surface area (Å²) >= 11 is 10.9. The van der Waals surface area contributed by atoms with Gasteiger partial charge in [0.05, 0.1) is 11.3 Å². The van der Waals surface area contributed by atoms with Crippen molar-refractivity contribution < 1.29 is 13.2 Å². The first kappa shape index (κ1) is 21.0. The number of thiocarbonyl (C=S) groups is 1. The average molecular weight is 424 g/mol. The molecule has 0 aliphatic carbocycles. The highest BCUT2D eigenvalue weighted by molar-refractivity contribution is 7.89. The van der Waals surface area contributed by atoms with Crippen LogP contribution in [0.4, 0.5) is 5.69 Å². The molecule has 3 N–H and O–H groups in total. The number of anilines is 1. The second kappa shape index (κ2) is 9.61. The van der Waals surface area contributed by atoms with E-state index in [1.807, 2.05) is 0 Å². The number of halogens is 1. The number of carbonyl (C=O) groups is 1. The van der Waals surface area contributed by atoms with Crippen LogP contribution in [0.25, 0.3) is 0 Å². The molecule has 0 fully saturated rings. The lowest BCUT2D eigenvalue weighted by molar-refractivity contribution is -0.119. The molecule has 27 heavy (non-hydrogen) atoms. The Bertz CT molecular complexity index is 927. The fourth-order valence-corrected chi connectivity index (χ4v) is 3.45. The molecule has 2 rings (SSSR count). The molecule has 0 saturated carbocycles. The van der Waals surface area contributed by atoms with E-state index in [1.54, 1.807) is 36.4 Å². The minimum Gasteiger partial charge on any atom is -0.332 e. The largest absolute Gasteiger partial charge is 0.332 e. The summed E-state index contributed by atoms with van der Waals surface area (Å²) in [6.07, 6.45) is 1.61. The smallest absolute Gasteiger partial charge is 0.240 e. The Morgan fingerprint density at radius 1 is 1.11 bits per heavy atom. The predicted octanol–water partition coefficient (Wildman–Crippen LogP) is 2.86. The number of nitrogens with one attached hydrogen (secondary N) is 3. The molecule has 0 radical (unpaired) electrons. The van der Waals surface area contributed by atoms with Crippen molar-refractivity contribution >= 4 is 50.5 Å². The number of hydrogen-bond acceptors (Lipinski definition) is 4. The zero-order valence-electron chi connectivity index (χ0n) is 14.2. The lowest BCUT2D eigenvalue weighted by Gasteiger charge is -2.10. The Morgan fingerprint density at radius 3 is 2.33 bits per heavy atom. The van der Waals surface area contributed by atoms with Crippen molar-refractivity contribution in [3.05, 3.63) is 71.8 Å². The summed E-state index contributed by atoms with van der Waals surface area (Å²) in [4.78, 5) is 12.1. The molecule has 0 heterocycles. The van der Waals surface area contributed by atoms with Crippen LogP contribution in [0.5, 0.6) is 0 Å². The number of carbonyl (C=O) groups excluding carboxylic acids is 1. The third kappa shape index (κ3) is 6.76. The average Bonchev–Trinajstić information content (AvgIpc) is 2.62. The number of hydrogen-bond donors (Lipinski definition) is 3. The molecule has 0 atom stereocenters. The molecule has 0 aliphatic rings. The van der Waals surface area contributed by atoms with Gasteiger partial charge in [0.25, 0.3) is 0 Å². The van der Waals surface area contributed by atoms with Gasteiger partial charge in [-0.25, -0.2) is 13.1 Å². The molecular weight excluding hydrogens is 406 g/mol. The van der Waals surface area contributed by atoms with E-state index in [0.717, 1.165) is 5.56 Å². The predicted molar refractivity (Wildman–Crippen MR) is 111 cm³/mol. The van der Waals surface area contributed by atoms with Gasteiger partial charge in [0.2, 0.25) is 15.9 Å². The van der Waals surface area contributed by atoms with Crippen molar-refractivity contribution in [3.63, 3.8) is 0 Å². The van der Waals surface area contributed by atoms with Crippen LogP contribution < -0.4 is 15.4 Å². The lowest BCUT2D eigenvalue weighted by atomic mass is 10.1. The van der Waals surface area contributed by atoms with Crippen molar-refractivity contribution in [2.75, 3.05) is 11.9 Å². The van der Waals surface area contributed by atoms with Crippen molar-refractivity contribution in [3.8, 4) is 0 Å². The molecule has 0 spiro atoms. The first-order chi connectivity index (χ1) is 12.8. The van der Waals surface area contributed by atoms with Crippen LogP contribution in [0.15, 0.2) is 66.1 Å². The lowest BCUT2D eigenvalue weighted by Crippen LogP contribution is -2.35. The summed E-state index contributed by atoms with van der Waals surface area (Å²) in [5, 5.41) is 6.13. The molecule has 2 aromatic rings. The Hall–Kier alpha value is -2.26. The van der Waals surface area contributed by atoms with Gasteiger partial charge in [-0.2, -0.15) is 0 Å². The highest BCUT2D eigenvalue weighted by Crippen LogP contribution is 2.14. The monoisotopic (exact) mass is 423 g/mol. The van der Waals surface area contributed by atoms with E-state index in [-0.39, 0.29) is 28.9 Å². The highest BCUT2D eigenvalue weighted by atomic mass is 35.5. The first-order valence-electron chi connectivity index (χ1n) is 7.86. The third-order valence-electron chi connectivity index (χ3n) is 3.37. The van der Waals surface area contributed by atoms with Crippen LogP contribution >= 0.6 is 23.8 Å². The molecule has 2 aromatic carbocycles. The molecular formula is C18H18ClN3O3S2. The molecule has 0 aromatic heterocycles.